The molecular weight excluding hydrogens is 330 g/mol. The molecule has 2 aliphatic rings. The Hall–Kier alpha value is -2.08. The van der Waals surface area contributed by atoms with Crippen LogP contribution in [-0.2, 0) is 16.1 Å². The Kier molecular flexibility index (Phi) is 5.51. The second-order valence-corrected chi connectivity index (χ2v) is 7.66. The van der Waals surface area contributed by atoms with Crippen LogP contribution in [0.1, 0.15) is 39.7 Å². The fraction of sp³-hybridized carbons (Fsp3) is 0.600. The summed E-state index contributed by atoms with van der Waals surface area (Å²) >= 11 is 0. The Bertz CT molecular complexity index is 676. The molecular formula is C20H29N3O3. The Labute approximate surface area is 155 Å². The van der Waals surface area contributed by atoms with Crippen LogP contribution < -0.4 is 10.1 Å². The largest absolute Gasteiger partial charge is 0.491 e. The van der Waals surface area contributed by atoms with Crippen molar-refractivity contribution in [2.24, 2.45) is 0 Å². The van der Waals surface area contributed by atoms with Crippen LogP contribution in [0.2, 0.25) is 0 Å². The van der Waals surface area contributed by atoms with Crippen molar-refractivity contribution in [2.45, 2.75) is 64.9 Å². The summed E-state index contributed by atoms with van der Waals surface area (Å²) in [5, 5.41) is 2.96. The summed E-state index contributed by atoms with van der Waals surface area (Å²) < 4.78 is 5.93. The second-order valence-electron chi connectivity index (χ2n) is 7.66. The van der Waals surface area contributed by atoms with E-state index in [0.717, 1.165) is 24.3 Å². The highest BCUT2D eigenvalue weighted by molar-refractivity contribution is 5.83. The molecule has 2 amide bonds. The number of hydrogen-bond acceptors (Lipinski definition) is 4. The average Bonchev–Trinajstić information content (AvgIpc) is 2.95. The zero-order chi connectivity index (χ0) is 18.8. The first-order valence-corrected chi connectivity index (χ1v) is 9.41. The number of para-hydroxylation sites is 1. The van der Waals surface area contributed by atoms with Crippen LogP contribution in [-0.4, -0.2) is 58.9 Å². The Morgan fingerprint density at radius 2 is 2.04 bits per heavy atom. The zero-order valence-electron chi connectivity index (χ0n) is 16.1. The molecule has 2 heterocycles. The van der Waals surface area contributed by atoms with Crippen molar-refractivity contribution in [3.8, 4) is 5.75 Å². The Morgan fingerprint density at radius 1 is 1.31 bits per heavy atom. The summed E-state index contributed by atoms with van der Waals surface area (Å²) in [6.45, 7) is 9.65. The number of carbonyl (C=O) groups is 2. The maximum absolute atomic E-state index is 12.8. The number of nitrogens with zero attached hydrogens (tertiary/aromatic N) is 2. The standard InChI is InChI=1S/C20H29N3O3/c1-13(2)26-19-8-6-5-7-16(19)10-22-12-18-9-17(21-15(4)24)11-23(18)20(25)14(22)3/h5-8,13-14,17-18H,9-12H2,1-4H3,(H,21,24)/t14-,17-,18-/m0/s1. The van der Waals surface area contributed by atoms with E-state index in [9.17, 15) is 9.59 Å². The van der Waals surface area contributed by atoms with Gasteiger partial charge in [0.1, 0.15) is 5.75 Å². The summed E-state index contributed by atoms with van der Waals surface area (Å²) in [5.41, 5.74) is 1.10. The zero-order valence-corrected chi connectivity index (χ0v) is 16.1. The van der Waals surface area contributed by atoms with Crippen LogP contribution in [0.15, 0.2) is 24.3 Å². The molecule has 6 nitrogen and oxygen atoms in total. The second kappa shape index (κ2) is 7.66. The van der Waals surface area contributed by atoms with Crippen molar-refractivity contribution in [3.63, 3.8) is 0 Å². The SMILES string of the molecule is CC(=O)N[C@H]1C[C@H]2CN(Cc3ccccc3OC(C)C)[C@@H](C)C(=O)N2C1. The van der Waals surface area contributed by atoms with Crippen molar-refractivity contribution in [2.75, 3.05) is 13.1 Å². The maximum atomic E-state index is 12.8. The molecule has 1 aromatic rings. The van der Waals surface area contributed by atoms with Gasteiger partial charge in [-0.2, -0.15) is 0 Å². The lowest BCUT2D eigenvalue weighted by atomic mass is 10.0. The molecule has 1 N–H and O–H groups in total. The summed E-state index contributed by atoms with van der Waals surface area (Å²) in [6.07, 6.45) is 0.930. The van der Waals surface area contributed by atoms with E-state index in [2.05, 4.69) is 16.3 Å². The number of hydrogen-bond donors (Lipinski definition) is 1. The first-order chi connectivity index (χ1) is 12.3. The smallest absolute Gasteiger partial charge is 0.240 e. The van der Waals surface area contributed by atoms with E-state index in [1.54, 1.807) is 0 Å². The number of amides is 2. The molecule has 3 atom stereocenters. The molecule has 2 fully saturated rings. The molecule has 3 rings (SSSR count). The van der Waals surface area contributed by atoms with Crippen molar-refractivity contribution >= 4 is 11.8 Å². The minimum atomic E-state index is -0.172. The lowest BCUT2D eigenvalue weighted by Crippen LogP contribution is -2.58. The molecule has 142 valence electrons. The predicted molar refractivity (Wildman–Crippen MR) is 99.8 cm³/mol. The molecule has 0 unspecified atom stereocenters. The minimum Gasteiger partial charge on any atom is -0.491 e. The van der Waals surface area contributed by atoms with E-state index in [-0.39, 0.29) is 36.0 Å². The van der Waals surface area contributed by atoms with Gasteiger partial charge in [0.05, 0.1) is 12.1 Å². The fourth-order valence-corrected chi connectivity index (χ4v) is 4.00. The Morgan fingerprint density at radius 3 is 2.73 bits per heavy atom. The van der Waals surface area contributed by atoms with Crippen LogP contribution in [0, 0.1) is 0 Å². The number of ether oxygens (including phenoxy) is 1. The molecule has 0 aliphatic carbocycles. The molecule has 6 heteroatoms. The Balaban J connectivity index is 1.72. The third-order valence-electron chi connectivity index (χ3n) is 5.16. The highest BCUT2D eigenvalue weighted by Crippen LogP contribution is 2.29. The van der Waals surface area contributed by atoms with Crippen LogP contribution in [0.4, 0.5) is 0 Å². The summed E-state index contributed by atoms with van der Waals surface area (Å²) in [5.74, 6) is 0.996. The number of nitrogens with one attached hydrogen (secondary N) is 1. The maximum Gasteiger partial charge on any atom is 0.240 e. The van der Waals surface area contributed by atoms with Gasteiger partial charge in [0.2, 0.25) is 11.8 Å². The number of rotatable bonds is 5. The third kappa shape index (κ3) is 4.01. The normalized spacial score (nSPS) is 26.1. The third-order valence-corrected chi connectivity index (χ3v) is 5.16. The number of benzene rings is 1. The van der Waals surface area contributed by atoms with Gasteiger partial charge < -0.3 is 15.0 Å². The molecule has 0 spiro atoms. The number of piperazine rings is 1. The average molecular weight is 359 g/mol. The molecule has 0 bridgehead atoms. The number of fused-ring (bicyclic) bond motifs is 1. The molecule has 0 radical (unpaired) electrons. The van der Waals surface area contributed by atoms with E-state index < -0.39 is 0 Å². The van der Waals surface area contributed by atoms with Gasteiger partial charge in [-0.15, -0.1) is 0 Å². The predicted octanol–water partition coefficient (Wildman–Crippen LogP) is 1.78. The monoisotopic (exact) mass is 359 g/mol. The van der Waals surface area contributed by atoms with Crippen molar-refractivity contribution in [1.82, 2.24) is 15.1 Å². The van der Waals surface area contributed by atoms with Crippen molar-refractivity contribution in [1.29, 1.82) is 0 Å². The van der Waals surface area contributed by atoms with Crippen molar-refractivity contribution in [3.05, 3.63) is 29.8 Å². The molecule has 1 aromatic carbocycles. The lowest BCUT2D eigenvalue weighted by molar-refractivity contribution is -0.143. The minimum absolute atomic E-state index is 0.0352. The molecule has 0 aromatic heterocycles. The van der Waals surface area contributed by atoms with E-state index in [0.29, 0.717) is 13.1 Å². The van der Waals surface area contributed by atoms with Crippen LogP contribution >= 0.6 is 0 Å². The molecule has 2 aliphatic heterocycles. The highest BCUT2D eigenvalue weighted by atomic mass is 16.5. The quantitative estimate of drug-likeness (QED) is 0.871. The van der Waals surface area contributed by atoms with Gasteiger partial charge in [-0.3, -0.25) is 14.5 Å². The van der Waals surface area contributed by atoms with Gasteiger partial charge in [0.15, 0.2) is 0 Å². The molecule has 26 heavy (non-hydrogen) atoms. The van der Waals surface area contributed by atoms with Gasteiger partial charge in [-0.05, 0) is 33.3 Å². The van der Waals surface area contributed by atoms with Gasteiger partial charge in [-0.25, -0.2) is 0 Å². The van der Waals surface area contributed by atoms with Crippen LogP contribution in [0.25, 0.3) is 0 Å². The van der Waals surface area contributed by atoms with E-state index in [1.807, 2.05) is 43.9 Å². The number of carbonyl (C=O) groups excluding carboxylic acids is 2. The van der Waals surface area contributed by atoms with Crippen LogP contribution in [0.3, 0.4) is 0 Å². The van der Waals surface area contributed by atoms with Gasteiger partial charge in [0, 0.05) is 44.2 Å². The van der Waals surface area contributed by atoms with Gasteiger partial charge in [-0.1, -0.05) is 18.2 Å². The summed E-state index contributed by atoms with van der Waals surface area (Å²) in [4.78, 5) is 28.4. The molecule has 2 saturated heterocycles. The summed E-state index contributed by atoms with van der Waals surface area (Å²) in [7, 11) is 0. The van der Waals surface area contributed by atoms with E-state index in [1.165, 1.54) is 6.92 Å². The van der Waals surface area contributed by atoms with Crippen molar-refractivity contribution < 1.29 is 14.3 Å². The fourth-order valence-electron chi connectivity index (χ4n) is 4.00. The lowest BCUT2D eigenvalue weighted by Gasteiger charge is -2.41. The first kappa shape index (κ1) is 18.7. The van der Waals surface area contributed by atoms with Crippen LogP contribution in [0.5, 0.6) is 5.75 Å². The van der Waals surface area contributed by atoms with Gasteiger partial charge >= 0.3 is 0 Å². The van der Waals surface area contributed by atoms with E-state index in [4.69, 9.17) is 4.74 Å². The topological polar surface area (TPSA) is 61.9 Å². The highest BCUT2D eigenvalue weighted by Gasteiger charge is 2.43. The van der Waals surface area contributed by atoms with E-state index >= 15 is 0 Å². The molecule has 0 saturated carbocycles. The van der Waals surface area contributed by atoms with Gasteiger partial charge in [0.25, 0.3) is 0 Å². The summed E-state index contributed by atoms with van der Waals surface area (Å²) in [6, 6.07) is 8.08. The first-order valence-electron chi connectivity index (χ1n) is 9.41.